The molecule has 1 fully saturated rings. The zero-order valence-electron chi connectivity index (χ0n) is 16.6. The van der Waals surface area contributed by atoms with Gasteiger partial charge in [-0.25, -0.2) is 9.37 Å². The maximum Gasteiger partial charge on any atom is 0.301 e. The summed E-state index contributed by atoms with van der Waals surface area (Å²) >= 11 is 2.61. The third-order valence-corrected chi connectivity index (χ3v) is 7.11. The van der Waals surface area contributed by atoms with Gasteiger partial charge in [0.05, 0.1) is 22.9 Å². The molecule has 1 saturated heterocycles. The fourth-order valence-corrected chi connectivity index (χ4v) is 5.48. The highest BCUT2D eigenvalue weighted by atomic mass is 32.1. The van der Waals surface area contributed by atoms with Gasteiger partial charge in [-0.05, 0) is 53.9 Å². The number of benzene rings is 2. The minimum Gasteiger partial charge on any atom is -0.507 e. The van der Waals surface area contributed by atoms with E-state index in [2.05, 4.69) is 4.98 Å². The second-order valence-electron chi connectivity index (χ2n) is 7.02. The molecule has 160 valence electrons. The van der Waals surface area contributed by atoms with E-state index in [-0.39, 0.29) is 16.9 Å². The van der Waals surface area contributed by atoms with E-state index in [4.69, 9.17) is 4.74 Å². The number of hydrogen-bond acceptors (Lipinski definition) is 7. The Hall–Kier alpha value is -3.56. The fraction of sp³-hybridized carbons (Fsp3) is 0.0870. The molecule has 0 aliphatic carbocycles. The number of methoxy groups -OCH3 is 1. The zero-order valence-corrected chi connectivity index (χ0v) is 18.2. The molecule has 1 amide bonds. The van der Waals surface area contributed by atoms with Gasteiger partial charge in [0, 0.05) is 10.4 Å². The lowest BCUT2D eigenvalue weighted by Gasteiger charge is -2.21. The molecule has 1 unspecified atom stereocenters. The Kier molecular flexibility index (Phi) is 4.99. The van der Waals surface area contributed by atoms with Crippen LogP contribution in [-0.4, -0.2) is 28.9 Å². The number of amides is 1. The van der Waals surface area contributed by atoms with Gasteiger partial charge in [-0.3, -0.25) is 14.5 Å². The zero-order chi connectivity index (χ0) is 22.4. The number of halogens is 1. The van der Waals surface area contributed by atoms with Crippen LogP contribution in [-0.2, 0) is 9.59 Å². The largest absolute Gasteiger partial charge is 0.507 e. The van der Waals surface area contributed by atoms with Crippen molar-refractivity contribution in [2.75, 3.05) is 12.0 Å². The Bertz CT molecular complexity index is 1380. The number of thiophene rings is 1. The van der Waals surface area contributed by atoms with Crippen molar-refractivity contribution in [3.63, 3.8) is 0 Å². The van der Waals surface area contributed by atoms with Crippen molar-refractivity contribution >= 4 is 55.5 Å². The molecule has 2 aromatic heterocycles. The molecular formula is C23H15FN2O4S2. The minimum absolute atomic E-state index is 0.0547. The van der Waals surface area contributed by atoms with Crippen molar-refractivity contribution in [2.45, 2.75) is 6.04 Å². The third kappa shape index (κ3) is 3.26. The number of hydrogen-bond donors (Lipinski definition) is 1. The van der Waals surface area contributed by atoms with Crippen LogP contribution in [0.3, 0.4) is 0 Å². The van der Waals surface area contributed by atoms with Gasteiger partial charge in [-0.1, -0.05) is 17.4 Å². The molecule has 32 heavy (non-hydrogen) atoms. The van der Waals surface area contributed by atoms with E-state index in [0.717, 1.165) is 4.70 Å². The average Bonchev–Trinajstić information content (AvgIpc) is 3.52. The number of Topliss-reactive ketones (excluding diaryl/α,β-unsaturated/α-hetero) is 1. The van der Waals surface area contributed by atoms with E-state index in [9.17, 15) is 19.1 Å². The van der Waals surface area contributed by atoms with Crippen molar-refractivity contribution in [3.8, 4) is 5.75 Å². The second-order valence-corrected chi connectivity index (χ2v) is 9.01. The predicted molar refractivity (Wildman–Crippen MR) is 122 cm³/mol. The number of rotatable bonds is 4. The molecule has 2 aromatic carbocycles. The topological polar surface area (TPSA) is 79.7 Å². The van der Waals surface area contributed by atoms with Crippen LogP contribution in [0, 0.1) is 5.82 Å². The van der Waals surface area contributed by atoms with Crippen LogP contribution in [0.5, 0.6) is 5.75 Å². The number of carbonyl (C=O) groups excluding carboxylic acids is 2. The molecule has 5 rings (SSSR count). The first-order chi connectivity index (χ1) is 15.5. The first-order valence-electron chi connectivity index (χ1n) is 9.53. The SMILES string of the molecule is COc1ccc2nc(N3C(=O)C(=O)/C(=C(/O)c4ccc(F)cc4)C3c3cccs3)sc2c1. The number of fused-ring (bicyclic) bond motifs is 1. The Labute approximate surface area is 189 Å². The summed E-state index contributed by atoms with van der Waals surface area (Å²) in [6.07, 6.45) is 0. The van der Waals surface area contributed by atoms with E-state index >= 15 is 0 Å². The van der Waals surface area contributed by atoms with Crippen LogP contribution in [0.4, 0.5) is 9.52 Å². The minimum atomic E-state index is -0.845. The molecule has 0 spiro atoms. The Morgan fingerprint density at radius 1 is 1.16 bits per heavy atom. The monoisotopic (exact) mass is 466 g/mol. The molecule has 1 N–H and O–H groups in total. The number of anilines is 1. The highest BCUT2D eigenvalue weighted by molar-refractivity contribution is 7.22. The predicted octanol–water partition coefficient (Wildman–Crippen LogP) is 5.13. The van der Waals surface area contributed by atoms with Gasteiger partial charge < -0.3 is 9.84 Å². The van der Waals surface area contributed by atoms with Gasteiger partial charge in [-0.15, -0.1) is 11.3 Å². The summed E-state index contributed by atoms with van der Waals surface area (Å²) in [6, 6.07) is 13.2. The molecule has 0 bridgehead atoms. The van der Waals surface area contributed by atoms with Crippen molar-refractivity contribution in [2.24, 2.45) is 0 Å². The van der Waals surface area contributed by atoms with Crippen molar-refractivity contribution in [3.05, 3.63) is 81.8 Å². The first-order valence-corrected chi connectivity index (χ1v) is 11.2. The molecule has 9 heteroatoms. The van der Waals surface area contributed by atoms with Crippen LogP contribution in [0.15, 0.2) is 65.6 Å². The molecule has 4 aromatic rings. The number of carbonyl (C=O) groups is 2. The summed E-state index contributed by atoms with van der Waals surface area (Å²) < 4.78 is 19.4. The molecule has 0 radical (unpaired) electrons. The van der Waals surface area contributed by atoms with Gasteiger partial charge in [0.1, 0.15) is 23.4 Å². The quantitative estimate of drug-likeness (QED) is 0.256. The first kappa shape index (κ1) is 20.3. The van der Waals surface area contributed by atoms with Crippen molar-refractivity contribution in [1.82, 2.24) is 4.98 Å². The average molecular weight is 467 g/mol. The van der Waals surface area contributed by atoms with Crippen molar-refractivity contribution in [1.29, 1.82) is 0 Å². The number of aliphatic hydroxyl groups excluding tert-OH is 1. The molecular weight excluding hydrogens is 451 g/mol. The summed E-state index contributed by atoms with van der Waals surface area (Å²) in [6.45, 7) is 0. The smallest absolute Gasteiger partial charge is 0.301 e. The summed E-state index contributed by atoms with van der Waals surface area (Å²) in [7, 11) is 1.56. The van der Waals surface area contributed by atoms with E-state index in [0.29, 0.717) is 21.3 Å². The highest BCUT2D eigenvalue weighted by Gasteiger charge is 2.48. The van der Waals surface area contributed by atoms with E-state index in [1.54, 1.807) is 31.4 Å². The fourth-order valence-electron chi connectivity index (χ4n) is 3.63. The number of aromatic nitrogens is 1. The van der Waals surface area contributed by atoms with Crippen LogP contribution in [0.25, 0.3) is 16.0 Å². The van der Waals surface area contributed by atoms with Gasteiger partial charge in [0.15, 0.2) is 5.13 Å². The normalized spacial score (nSPS) is 17.9. The van der Waals surface area contributed by atoms with Gasteiger partial charge in [0.2, 0.25) is 0 Å². The molecule has 1 atom stereocenters. The molecule has 3 heterocycles. The lowest BCUT2D eigenvalue weighted by Crippen LogP contribution is -2.28. The van der Waals surface area contributed by atoms with Crippen LogP contribution in [0.2, 0.25) is 0 Å². The Morgan fingerprint density at radius 2 is 1.94 bits per heavy atom. The number of aliphatic hydroxyl groups is 1. The Morgan fingerprint density at radius 3 is 2.62 bits per heavy atom. The molecule has 1 aliphatic heterocycles. The maximum absolute atomic E-state index is 13.4. The number of thiazole rings is 1. The number of ketones is 1. The maximum atomic E-state index is 13.4. The van der Waals surface area contributed by atoms with Gasteiger partial charge in [0.25, 0.3) is 5.78 Å². The summed E-state index contributed by atoms with van der Waals surface area (Å²) in [5.41, 5.74) is 0.858. The van der Waals surface area contributed by atoms with Crippen molar-refractivity contribution < 1.29 is 23.8 Å². The standard InChI is InChI=1S/C23H15FN2O4S2/c1-30-14-8-9-15-17(11-14)32-23(25-15)26-19(16-3-2-10-31-16)18(21(28)22(26)29)20(27)12-4-6-13(24)7-5-12/h2-11,19,27H,1H3/b20-18+. The molecule has 1 aliphatic rings. The van der Waals surface area contributed by atoms with E-state index in [1.165, 1.54) is 51.8 Å². The Balaban J connectivity index is 1.69. The highest BCUT2D eigenvalue weighted by Crippen LogP contribution is 2.45. The van der Waals surface area contributed by atoms with E-state index < -0.39 is 23.5 Å². The van der Waals surface area contributed by atoms with Crippen LogP contribution in [0.1, 0.15) is 16.5 Å². The third-order valence-electron chi connectivity index (χ3n) is 5.17. The molecule has 6 nitrogen and oxygen atoms in total. The van der Waals surface area contributed by atoms with E-state index in [1.807, 2.05) is 11.4 Å². The summed E-state index contributed by atoms with van der Waals surface area (Å²) in [5.74, 6) is -1.77. The summed E-state index contributed by atoms with van der Waals surface area (Å²) in [4.78, 5) is 32.8. The lowest BCUT2D eigenvalue weighted by atomic mass is 10.00. The second kappa shape index (κ2) is 7.85. The van der Waals surface area contributed by atoms with Gasteiger partial charge >= 0.3 is 5.91 Å². The van der Waals surface area contributed by atoms with Gasteiger partial charge in [-0.2, -0.15) is 0 Å². The number of nitrogens with zero attached hydrogens (tertiary/aromatic N) is 2. The summed E-state index contributed by atoms with van der Waals surface area (Å²) in [5, 5.41) is 13.1. The molecule has 0 saturated carbocycles. The number of ether oxygens (including phenoxy) is 1. The lowest BCUT2D eigenvalue weighted by molar-refractivity contribution is -0.132. The van der Waals surface area contributed by atoms with Crippen LogP contribution < -0.4 is 9.64 Å². The van der Waals surface area contributed by atoms with Crippen LogP contribution >= 0.6 is 22.7 Å².